The third-order valence-corrected chi connectivity index (χ3v) is 4.48. The highest BCUT2D eigenvalue weighted by molar-refractivity contribution is 7.58. The van der Waals surface area contributed by atoms with Gasteiger partial charge in [-0.15, -0.1) is 0 Å². The van der Waals surface area contributed by atoms with Gasteiger partial charge in [0.1, 0.15) is 11.4 Å². The average Bonchev–Trinajstić information content (AvgIpc) is 2.75. The van der Waals surface area contributed by atoms with Gasteiger partial charge in [0, 0.05) is 6.04 Å². The van der Waals surface area contributed by atoms with Crippen LogP contribution in [-0.2, 0) is 16.1 Å². The number of fused-ring (bicyclic) bond motifs is 1. The van der Waals surface area contributed by atoms with Crippen LogP contribution in [0.25, 0.3) is 0 Å². The molecule has 2 N–H and O–H groups in total. The summed E-state index contributed by atoms with van der Waals surface area (Å²) >= 11 is 13.2. The highest BCUT2D eigenvalue weighted by Gasteiger charge is 2.37. The van der Waals surface area contributed by atoms with Gasteiger partial charge in [0.05, 0.1) is 33.0 Å². The van der Waals surface area contributed by atoms with E-state index < -0.39 is 5.97 Å². The Morgan fingerprint density at radius 2 is 2.05 bits per heavy atom. The first-order valence-electron chi connectivity index (χ1n) is 5.67. The van der Waals surface area contributed by atoms with Crippen LogP contribution in [0, 0.1) is 5.92 Å². The van der Waals surface area contributed by atoms with Gasteiger partial charge in [-0.2, -0.15) is 8.73 Å². The number of hydrogen-bond donors (Lipinski definition) is 2. The maximum absolute atomic E-state index is 11.0. The number of carboxylic acid groups (broad SMARTS) is 1. The Labute approximate surface area is 122 Å². The third-order valence-electron chi connectivity index (χ3n) is 3.37. The summed E-state index contributed by atoms with van der Waals surface area (Å²) in [6.45, 7) is 0. The fourth-order valence-electron chi connectivity index (χ4n) is 2.17. The summed E-state index contributed by atoms with van der Waals surface area (Å²) in [7, 11) is 0. The number of halogens is 2. The Balaban J connectivity index is 1.92. The second-order valence-electron chi connectivity index (χ2n) is 4.45. The molecule has 8 heteroatoms. The molecular weight excluding hydrogens is 309 g/mol. The summed E-state index contributed by atoms with van der Waals surface area (Å²) in [6.07, 6.45) is 1.48. The van der Waals surface area contributed by atoms with Crippen LogP contribution in [0.1, 0.15) is 12.8 Å². The minimum atomic E-state index is -0.790. The van der Waals surface area contributed by atoms with E-state index in [1.54, 1.807) is 6.07 Å². The molecule has 0 bridgehead atoms. The molecule has 100 valence electrons. The van der Waals surface area contributed by atoms with Crippen molar-refractivity contribution in [2.75, 3.05) is 5.32 Å². The lowest BCUT2D eigenvalue weighted by molar-refractivity contribution is -0.144. The monoisotopic (exact) mass is 317 g/mol. The van der Waals surface area contributed by atoms with Crippen LogP contribution >= 0.6 is 23.2 Å². The van der Waals surface area contributed by atoms with Crippen molar-refractivity contribution in [2.24, 2.45) is 14.6 Å². The molecule has 2 unspecified atom stereocenters. The molecule has 1 saturated carbocycles. The van der Waals surface area contributed by atoms with Crippen LogP contribution in [0.3, 0.4) is 0 Å². The highest BCUT2D eigenvalue weighted by atomic mass is 35.5. The first kappa shape index (κ1) is 12.9. The average molecular weight is 318 g/mol. The van der Waals surface area contributed by atoms with Crippen LogP contribution in [0.15, 0.2) is 14.8 Å². The molecule has 0 saturated heterocycles. The molecule has 1 fully saturated rings. The number of nitrogens with zero attached hydrogens (tertiary/aromatic N) is 2. The van der Waals surface area contributed by atoms with Gasteiger partial charge in [0.15, 0.2) is 0 Å². The Morgan fingerprint density at radius 3 is 2.68 bits per heavy atom. The van der Waals surface area contributed by atoms with E-state index in [1.165, 1.54) is 0 Å². The van der Waals surface area contributed by atoms with E-state index in [0.29, 0.717) is 33.5 Å². The summed E-state index contributed by atoms with van der Waals surface area (Å²) in [5, 5.41) is 13.1. The topological polar surface area (TPSA) is 74.0 Å². The number of rotatable bonds is 3. The third kappa shape index (κ3) is 2.13. The minimum Gasteiger partial charge on any atom is -0.481 e. The summed E-state index contributed by atoms with van der Waals surface area (Å²) in [4.78, 5) is 11.0. The number of carboxylic acids is 1. The zero-order chi connectivity index (χ0) is 13.6. The van der Waals surface area contributed by atoms with E-state index in [1.807, 2.05) is 0 Å². The predicted octanol–water partition coefficient (Wildman–Crippen LogP) is 3.99. The zero-order valence-electron chi connectivity index (χ0n) is 9.56. The Hall–Kier alpha value is -1.11. The molecule has 1 heterocycles. The normalized spacial score (nSPS) is 23.5. The number of carbonyl (C=O) groups is 1. The fourth-order valence-corrected chi connectivity index (χ4v) is 3.33. The molecule has 19 heavy (non-hydrogen) atoms. The second kappa shape index (κ2) is 4.77. The molecule has 1 aromatic carbocycles. The van der Waals surface area contributed by atoms with E-state index in [4.69, 9.17) is 28.3 Å². The Morgan fingerprint density at radius 1 is 1.32 bits per heavy atom. The Bertz CT molecular complexity index is 643. The lowest BCUT2D eigenvalue weighted by Crippen LogP contribution is -2.43. The predicted molar refractivity (Wildman–Crippen MR) is 75.8 cm³/mol. The molecule has 0 spiro atoms. The van der Waals surface area contributed by atoms with Gasteiger partial charge in [-0.1, -0.05) is 23.2 Å². The summed E-state index contributed by atoms with van der Waals surface area (Å²) in [6, 6.07) is 1.48. The number of aliphatic carboxylic acids is 1. The van der Waals surface area contributed by atoms with Gasteiger partial charge in [0.25, 0.3) is 0 Å². The smallest absolute Gasteiger partial charge is 0.308 e. The quantitative estimate of drug-likeness (QED) is 0.898. The van der Waals surface area contributed by atoms with E-state index in [9.17, 15) is 4.79 Å². The molecule has 5 nitrogen and oxygen atoms in total. The van der Waals surface area contributed by atoms with E-state index in [0.717, 1.165) is 17.8 Å². The molecular formula is C11H9Cl2N3O2S. The largest absolute Gasteiger partial charge is 0.481 e. The molecule has 2 aliphatic rings. The summed E-state index contributed by atoms with van der Waals surface area (Å²) < 4.78 is 8.28. The first-order valence-corrected chi connectivity index (χ1v) is 7.16. The van der Waals surface area contributed by atoms with Crippen molar-refractivity contribution >= 4 is 57.6 Å². The number of hydrogen-bond acceptors (Lipinski definition) is 4. The van der Waals surface area contributed by atoms with Gasteiger partial charge in [-0.25, -0.2) is 0 Å². The van der Waals surface area contributed by atoms with Crippen LogP contribution < -0.4 is 5.32 Å². The number of nitrogens with one attached hydrogen (secondary N) is 1. The van der Waals surface area contributed by atoms with E-state index >= 15 is 0 Å². The van der Waals surface area contributed by atoms with Gasteiger partial charge in [-0.3, -0.25) is 4.79 Å². The van der Waals surface area contributed by atoms with Crippen molar-refractivity contribution in [3.8, 4) is 0 Å². The molecule has 1 aliphatic carbocycles. The van der Waals surface area contributed by atoms with Crippen molar-refractivity contribution in [1.82, 2.24) is 0 Å². The lowest BCUT2D eigenvalue weighted by Gasteiger charge is -2.35. The number of benzene rings is 1. The summed E-state index contributed by atoms with van der Waals surface area (Å²) in [5.74, 6) is -1.17. The fraction of sp³-hybridized carbons (Fsp3) is 0.364. The zero-order valence-corrected chi connectivity index (χ0v) is 11.9. The van der Waals surface area contributed by atoms with Gasteiger partial charge in [-0.05, 0) is 18.9 Å². The molecule has 0 amide bonds. The minimum absolute atomic E-state index is 0.124. The SMILES string of the molecule is O=C(O)C1CCC1Nc1c(Cl)cc(Cl)c2c1N=S=N2. The Kier molecular flexibility index (Phi) is 3.24. The number of anilines is 1. The molecule has 0 aromatic heterocycles. The van der Waals surface area contributed by atoms with Gasteiger partial charge in [0.2, 0.25) is 0 Å². The van der Waals surface area contributed by atoms with Crippen molar-refractivity contribution < 1.29 is 9.90 Å². The summed E-state index contributed by atoms with van der Waals surface area (Å²) in [5.41, 5.74) is 1.80. The first-order chi connectivity index (χ1) is 9.08. The van der Waals surface area contributed by atoms with E-state index in [2.05, 4.69) is 14.0 Å². The second-order valence-corrected chi connectivity index (χ2v) is 5.79. The maximum Gasteiger partial charge on any atom is 0.308 e. The van der Waals surface area contributed by atoms with Crippen LogP contribution in [0.4, 0.5) is 17.1 Å². The van der Waals surface area contributed by atoms with Crippen molar-refractivity contribution in [3.05, 3.63) is 16.1 Å². The molecule has 0 radical (unpaired) electrons. The van der Waals surface area contributed by atoms with Crippen LogP contribution in [0.2, 0.25) is 10.0 Å². The molecule has 3 rings (SSSR count). The van der Waals surface area contributed by atoms with Gasteiger partial charge >= 0.3 is 5.97 Å². The molecule has 1 aliphatic heterocycles. The molecule has 2 atom stereocenters. The standard InChI is InChI=1S/C11H9Cl2N3O2S/c12-5-3-6(13)9-10(16-19-15-9)8(5)14-7-2-1-4(7)11(17)18/h3-4,7,14H,1-2H2,(H,17,18). The van der Waals surface area contributed by atoms with Crippen molar-refractivity contribution in [2.45, 2.75) is 18.9 Å². The van der Waals surface area contributed by atoms with Crippen LogP contribution in [-0.4, -0.2) is 17.1 Å². The molecule has 1 aromatic rings. The van der Waals surface area contributed by atoms with Crippen molar-refractivity contribution in [1.29, 1.82) is 0 Å². The maximum atomic E-state index is 11.0. The van der Waals surface area contributed by atoms with Crippen LogP contribution in [0.5, 0.6) is 0 Å². The van der Waals surface area contributed by atoms with Crippen molar-refractivity contribution in [3.63, 3.8) is 0 Å². The van der Waals surface area contributed by atoms with Gasteiger partial charge < -0.3 is 10.4 Å². The highest BCUT2D eigenvalue weighted by Crippen LogP contribution is 2.48. The van der Waals surface area contributed by atoms with E-state index in [-0.39, 0.29) is 12.0 Å². The lowest BCUT2D eigenvalue weighted by atomic mass is 9.79.